The molecule has 3 nitrogen and oxygen atoms in total. The first-order valence-corrected chi connectivity index (χ1v) is 27.6. The van der Waals surface area contributed by atoms with Gasteiger partial charge in [0.1, 0.15) is 0 Å². The fourth-order valence-corrected chi connectivity index (χ4v) is 16.9. The number of hydrogen-bond donors (Lipinski definition) is 0. The molecule has 3 aliphatic carbocycles. The second-order valence-corrected chi connectivity index (χ2v) is 27.4. The van der Waals surface area contributed by atoms with Crippen molar-refractivity contribution in [2.24, 2.45) is 0 Å². The zero-order chi connectivity index (χ0) is 50.1. The van der Waals surface area contributed by atoms with E-state index in [-0.39, 0.29) is 44.9 Å². The maximum Gasteiger partial charge on any atom is 0.252 e. The largest absolute Gasteiger partial charge is 0.335 e. The van der Waals surface area contributed by atoms with Crippen LogP contribution in [0.1, 0.15) is 190 Å². The Morgan fingerprint density at radius 1 is 0.465 bits per heavy atom. The van der Waals surface area contributed by atoms with Gasteiger partial charge in [-0.3, -0.25) is 0 Å². The average Bonchev–Trinajstić information content (AvgIpc) is 3.76. The lowest BCUT2D eigenvalue weighted by atomic mass is 9.32. The quantitative estimate of drug-likeness (QED) is 0.160. The topological polar surface area (TPSA) is 9.72 Å². The molecule has 2 saturated carbocycles. The Morgan fingerprint density at radius 2 is 1.08 bits per heavy atom. The van der Waals surface area contributed by atoms with Crippen LogP contribution < -0.4 is 31.1 Å². The van der Waals surface area contributed by atoms with Crippen molar-refractivity contribution in [2.75, 3.05) is 14.7 Å². The maximum absolute atomic E-state index is 3.00. The molecule has 0 bridgehead atoms. The number of hydrogen-bond acceptors (Lipinski definition) is 3. The molecule has 7 aliphatic rings. The first kappa shape index (κ1) is 45.6. The summed E-state index contributed by atoms with van der Waals surface area (Å²) in [5.41, 5.74) is 31.3. The summed E-state index contributed by atoms with van der Waals surface area (Å²) >= 11 is 0. The third kappa shape index (κ3) is 5.54. The normalized spacial score (nSPS) is 26.1. The van der Waals surface area contributed by atoms with Gasteiger partial charge in [-0.25, -0.2) is 0 Å². The van der Waals surface area contributed by atoms with Crippen LogP contribution in [0.15, 0.2) is 84.9 Å². The predicted molar refractivity (Wildman–Crippen MR) is 305 cm³/mol. The molecule has 4 heteroatoms. The maximum atomic E-state index is 3.00. The van der Waals surface area contributed by atoms with Gasteiger partial charge in [-0.05, 0) is 180 Å². The Kier molecular flexibility index (Phi) is 9.05. The van der Waals surface area contributed by atoms with E-state index in [4.69, 9.17) is 0 Å². The molecule has 0 radical (unpaired) electrons. The number of aryl methyl sites for hydroxylation is 4. The fourth-order valence-electron chi connectivity index (χ4n) is 16.9. The minimum atomic E-state index is -0.127. The molecule has 71 heavy (non-hydrogen) atoms. The summed E-state index contributed by atoms with van der Waals surface area (Å²) in [6, 6.07) is 35.3. The highest BCUT2D eigenvalue weighted by Gasteiger charge is 2.63. The highest BCUT2D eigenvalue weighted by molar-refractivity contribution is 7.00. The van der Waals surface area contributed by atoms with Gasteiger partial charge in [0.2, 0.25) is 0 Å². The van der Waals surface area contributed by atoms with Gasteiger partial charge in [0.25, 0.3) is 6.71 Å². The minimum absolute atomic E-state index is 0.00999. The van der Waals surface area contributed by atoms with Crippen molar-refractivity contribution in [1.82, 2.24) is 0 Å². The van der Waals surface area contributed by atoms with Crippen LogP contribution in [0, 0.1) is 27.7 Å². The smallest absolute Gasteiger partial charge is 0.252 e. The van der Waals surface area contributed by atoms with E-state index in [0.29, 0.717) is 0 Å². The molecule has 2 fully saturated rings. The first-order chi connectivity index (χ1) is 33.4. The Morgan fingerprint density at radius 3 is 1.76 bits per heavy atom. The van der Waals surface area contributed by atoms with E-state index < -0.39 is 0 Å². The van der Waals surface area contributed by atoms with Crippen LogP contribution >= 0.6 is 0 Å². The van der Waals surface area contributed by atoms with E-state index in [9.17, 15) is 0 Å². The molecular formula is C67H78BN3. The Labute approximate surface area is 427 Å². The van der Waals surface area contributed by atoms with Crippen molar-refractivity contribution >= 4 is 62.9 Å². The number of rotatable bonds is 2. The van der Waals surface area contributed by atoms with Crippen LogP contribution in [0.4, 0.5) is 39.8 Å². The van der Waals surface area contributed by atoms with Gasteiger partial charge in [-0.1, -0.05) is 161 Å². The SMILES string of the molecule is Cc1cc(C)c2c3c1B1c4cc5c(cc4N(c4c(C)cc(C(C)(C)C)cc4C)c4cc(N6c7ccc(C(C)(C)C)cc7C7(C)CCCCC67C)cc(c41)N3C1(C)CCCCC21C)-c1ccccc1C5(C)C. The fraction of sp³-hybridized carbons (Fsp3) is 0.463. The van der Waals surface area contributed by atoms with Gasteiger partial charge < -0.3 is 14.7 Å². The van der Waals surface area contributed by atoms with Crippen molar-refractivity contribution in [3.8, 4) is 11.1 Å². The monoisotopic (exact) mass is 936 g/mol. The molecule has 0 amide bonds. The summed E-state index contributed by atoms with van der Waals surface area (Å²) in [7, 11) is 0. The molecule has 6 aromatic carbocycles. The van der Waals surface area contributed by atoms with Crippen LogP contribution in [0.2, 0.25) is 0 Å². The molecule has 4 heterocycles. The first-order valence-electron chi connectivity index (χ1n) is 27.6. The number of fused-ring (bicyclic) bond motifs is 13. The molecule has 4 unspecified atom stereocenters. The Hall–Kier alpha value is -5.22. The van der Waals surface area contributed by atoms with Gasteiger partial charge >= 0.3 is 0 Å². The zero-order valence-corrected chi connectivity index (χ0v) is 46.2. The molecular weight excluding hydrogens is 858 g/mol. The lowest BCUT2D eigenvalue weighted by molar-refractivity contribution is 0.193. The molecule has 0 saturated heterocycles. The molecule has 0 aromatic heterocycles. The molecule has 0 spiro atoms. The summed E-state index contributed by atoms with van der Waals surface area (Å²) in [6.45, 7) is 39.6. The summed E-state index contributed by atoms with van der Waals surface area (Å²) < 4.78 is 0. The molecule has 6 aromatic rings. The van der Waals surface area contributed by atoms with E-state index in [0.717, 1.165) is 0 Å². The number of anilines is 7. The average molecular weight is 936 g/mol. The lowest BCUT2D eigenvalue weighted by Gasteiger charge is -2.54. The molecule has 4 atom stereocenters. The summed E-state index contributed by atoms with van der Waals surface area (Å²) in [4.78, 5) is 8.69. The second kappa shape index (κ2) is 14.1. The second-order valence-electron chi connectivity index (χ2n) is 27.4. The summed E-state index contributed by atoms with van der Waals surface area (Å²) in [5, 5.41) is 0. The zero-order valence-electron chi connectivity index (χ0n) is 46.2. The van der Waals surface area contributed by atoms with Crippen LogP contribution in [-0.4, -0.2) is 17.8 Å². The van der Waals surface area contributed by atoms with E-state index in [1.807, 2.05) is 0 Å². The van der Waals surface area contributed by atoms with Crippen molar-refractivity contribution in [2.45, 2.75) is 200 Å². The molecule has 13 rings (SSSR count). The predicted octanol–water partition coefficient (Wildman–Crippen LogP) is 15.9. The molecule has 4 aliphatic heterocycles. The van der Waals surface area contributed by atoms with Gasteiger partial charge in [0, 0.05) is 50.4 Å². The van der Waals surface area contributed by atoms with E-state index in [1.165, 1.54) is 158 Å². The van der Waals surface area contributed by atoms with Crippen molar-refractivity contribution in [1.29, 1.82) is 0 Å². The Balaban J connectivity index is 1.20. The third-order valence-corrected chi connectivity index (χ3v) is 21.1. The van der Waals surface area contributed by atoms with E-state index in [2.05, 4.69) is 210 Å². The lowest BCUT2D eigenvalue weighted by Crippen LogP contribution is -2.65. The van der Waals surface area contributed by atoms with Gasteiger partial charge in [0.05, 0.1) is 16.8 Å². The number of nitrogens with zero attached hydrogens (tertiary/aromatic N) is 3. The third-order valence-electron chi connectivity index (χ3n) is 21.1. The highest BCUT2D eigenvalue weighted by Crippen LogP contribution is 2.66. The minimum Gasteiger partial charge on any atom is -0.335 e. The van der Waals surface area contributed by atoms with Crippen LogP contribution in [0.3, 0.4) is 0 Å². The van der Waals surface area contributed by atoms with Gasteiger partial charge in [0.15, 0.2) is 0 Å². The van der Waals surface area contributed by atoms with Crippen molar-refractivity contribution in [3.05, 3.63) is 141 Å². The van der Waals surface area contributed by atoms with E-state index in [1.54, 1.807) is 16.6 Å². The van der Waals surface area contributed by atoms with Crippen LogP contribution in [0.25, 0.3) is 11.1 Å². The van der Waals surface area contributed by atoms with Crippen molar-refractivity contribution < 1.29 is 0 Å². The molecule has 0 N–H and O–H groups in total. The van der Waals surface area contributed by atoms with Crippen LogP contribution in [0.5, 0.6) is 0 Å². The van der Waals surface area contributed by atoms with E-state index >= 15 is 0 Å². The van der Waals surface area contributed by atoms with Gasteiger partial charge in [-0.15, -0.1) is 0 Å². The summed E-state index contributed by atoms with van der Waals surface area (Å²) in [6.07, 6.45) is 9.85. The highest BCUT2D eigenvalue weighted by atomic mass is 15.3. The number of benzene rings is 6. The van der Waals surface area contributed by atoms with Crippen molar-refractivity contribution in [3.63, 3.8) is 0 Å². The molecule has 364 valence electrons. The summed E-state index contributed by atoms with van der Waals surface area (Å²) in [5.74, 6) is 0. The Bertz CT molecular complexity index is 3330. The standard InChI is InChI=1S/C67H78BN3/c1-39-31-40(2)57-60-56(39)65(14)28-20-22-30-67(65,16)71(60)55-36-45(70-52-26-25-43(61(5,6)7)34-50(52)64(13)27-19-21-29-66(64,70)15)35-54-58(55)68(57)51-38-49-47(46-23-17-18-24-48(46)63(49,11)12)37-53(51)69(54)59-41(3)32-44(33-42(59)4)62(8,9)10/h17-18,23-26,31-38H,19-22,27-30H2,1-16H3. The van der Waals surface area contributed by atoms with Gasteiger partial charge in [-0.2, -0.15) is 0 Å². The van der Waals surface area contributed by atoms with Crippen LogP contribution in [-0.2, 0) is 27.1 Å².